The van der Waals surface area contributed by atoms with Gasteiger partial charge in [0.25, 0.3) is 11.8 Å². The number of amides is 2. The number of nitrogens with one attached hydrogen (secondary N) is 1. The monoisotopic (exact) mass is 525 g/mol. The van der Waals surface area contributed by atoms with E-state index in [0.717, 1.165) is 36.4 Å². The van der Waals surface area contributed by atoms with Crippen LogP contribution in [0.5, 0.6) is 0 Å². The molecule has 2 aromatic heterocycles. The molecule has 0 aromatic carbocycles. The summed E-state index contributed by atoms with van der Waals surface area (Å²) in [5.41, 5.74) is -3.00. The van der Waals surface area contributed by atoms with E-state index in [1.807, 2.05) is 6.92 Å². The van der Waals surface area contributed by atoms with Crippen molar-refractivity contribution in [2.75, 3.05) is 25.0 Å². The highest BCUT2D eigenvalue weighted by molar-refractivity contribution is 7.17. The molecule has 4 heterocycles. The molecule has 2 amide bonds. The quantitative estimate of drug-likeness (QED) is 0.619. The van der Waals surface area contributed by atoms with Crippen LogP contribution in [-0.2, 0) is 6.18 Å². The Kier molecular flexibility index (Phi) is 6.57. The highest BCUT2D eigenvalue weighted by Crippen LogP contribution is 2.42. The first-order chi connectivity index (χ1) is 16.6. The molecule has 0 spiro atoms. The van der Waals surface area contributed by atoms with Crippen LogP contribution in [0.3, 0.4) is 0 Å². The van der Waals surface area contributed by atoms with Crippen LogP contribution in [0, 0.1) is 0 Å². The number of anilines is 1. The summed E-state index contributed by atoms with van der Waals surface area (Å²) in [4.78, 5) is 37.8. The molecule has 0 aliphatic carbocycles. The van der Waals surface area contributed by atoms with Crippen LogP contribution in [0.1, 0.15) is 73.3 Å². The van der Waals surface area contributed by atoms with E-state index in [1.165, 1.54) is 4.90 Å². The second-order valence-electron chi connectivity index (χ2n) is 10.8. The maximum atomic E-state index is 14.2. The van der Waals surface area contributed by atoms with Crippen LogP contribution in [-0.4, -0.2) is 73.5 Å². The molecule has 4 rings (SSSR count). The molecule has 8 nitrogen and oxygen atoms in total. The van der Waals surface area contributed by atoms with Gasteiger partial charge in [0.2, 0.25) is 0 Å². The Bertz CT molecular complexity index is 1180. The number of rotatable bonds is 4. The second kappa shape index (κ2) is 8.98. The van der Waals surface area contributed by atoms with E-state index in [-0.39, 0.29) is 46.1 Å². The third kappa shape index (κ3) is 5.34. The fourth-order valence-electron chi connectivity index (χ4n) is 4.49. The largest absolute Gasteiger partial charge is 0.417 e. The average Bonchev–Trinajstić information content (AvgIpc) is 3.36. The summed E-state index contributed by atoms with van der Waals surface area (Å²) in [6, 6.07) is 0.830. The van der Waals surface area contributed by atoms with Crippen LogP contribution in [0.25, 0.3) is 10.4 Å². The van der Waals surface area contributed by atoms with E-state index < -0.39 is 34.7 Å². The predicted octanol–water partition coefficient (Wildman–Crippen LogP) is 4.27. The Morgan fingerprint density at radius 1 is 1.22 bits per heavy atom. The zero-order valence-electron chi connectivity index (χ0n) is 20.9. The van der Waals surface area contributed by atoms with E-state index >= 15 is 0 Å². The number of alkyl halides is 3. The van der Waals surface area contributed by atoms with Crippen molar-refractivity contribution in [3.63, 3.8) is 0 Å². The number of hydrogen-bond donors (Lipinski definition) is 2. The normalized spacial score (nSPS) is 19.9. The van der Waals surface area contributed by atoms with E-state index in [2.05, 4.69) is 15.3 Å². The van der Waals surface area contributed by atoms with Gasteiger partial charge in [-0.1, -0.05) is 0 Å². The van der Waals surface area contributed by atoms with Crippen molar-refractivity contribution >= 4 is 29.0 Å². The van der Waals surface area contributed by atoms with E-state index in [0.29, 0.717) is 6.54 Å². The smallest absolute Gasteiger partial charge is 0.386 e. The standard InChI is InChI=1S/C24H30F3N5O3S/c1-13-7-6-8-32(13)20(33)17-18(36-19(29-17)21(34)31-11-23(5,35)12-31)14-10-28-16(30-22(2,3)4)9-15(14)24(25,26)27/h9-10,13,35H,6-8,11-12H2,1-5H3,(H,28,30). The molecule has 0 bridgehead atoms. The number of thiazole rings is 1. The van der Waals surface area contributed by atoms with Crippen molar-refractivity contribution < 1.29 is 27.9 Å². The van der Waals surface area contributed by atoms with E-state index in [1.54, 1.807) is 32.6 Å². The molecule has 0 radical (unpaired) electrons. The van der Waals surface area contributed by atoms with Gasteiger partial charge in [-0.25, -0.2) is 9.97 Å². The Morgan fingerprint density at radius 2 is 1.89 bits per heavy atom. The second-order valence-corrected chi connectivity index (χ2v) is 11.8. The van der Waals surface area contributed by atoms with Gasteiger partial charge in [0.1, 0.15) is 11.5 Å². The van der Waals surface area contributed by atoms with Gasteiger partial charge >= 0.3 is 6.18 Å². The summed E-state index contributed by atoms with van der Waals surface area (Å²) in [6.07, 6.45) is -2.10. The molecular formula is C24H30F3N5O3S. The molecule has 1 atom stereocenters. The van der Waals surface area contributed by atoms with Crippen molar-refractivity contribution in [3.8, 4) is 10.4 Å². The number of likely N-dealkylation sites (tertiary alicyclic amines) is 2. The molecular weight excluding hydrogens is 495 g/mol. The fourth-order valence-corrected chi connectivity index (χ4v) is 5.54. The fraction of sp³-hybridized carbons (Fsp3) is 0.583. The number of hydrogen-bond acceptors (Lipinski definition) is 7. The summed E-state index contributed by atoms with van der Waals surface area (Å²) in [5, 5.41) is 12.8. The minimum Gasteiger partial charge on any atom is -0.386 e. The average molecular weight is 526 g/mol. The van der Waals surface area contributed by atoms with Crippen LogP contribution < -0.4 is 5.32 Å². The van der Waals surface area contributed by atoms with Crippen molar-refractivity contribution in [3.05, 3.63) is 28.5 Å². The highest BCUT2D eigenvalue weighted by atomic mass is 32.1. The molecule has 0 saturated carbocycles. The third-order valence-corrected chi connectivity index (χ3v) is 7.21. The number of β-amino-alcohol motifs (C(OH)–C–C–N with tert-alkyl or cyclic N) is 1. The number of pyridine rings is 1. The van der Waals surface area contributed by atoms with E-state index in [4.69, 9.17) is 0 Å². The lowest BCUT2D eigenvalue weighted by molar-refractivity contribution is -0.137. The zero-order chi connectivity index (χ0) is 26.6. The number of halogens is 3. The van der Waals surface area contributed by atoms with Gasteiger partial charge in [-0.05, 0) is 53.5 Å². The molecule has 12 heteroatoms. The molecule has 2 aromatic rings. The summed E-state index contributed by atoms with van der Waals surface area (Å²) in [7, 11) is 0. The van der Waals surface area contributed by atoms with Crippen LogP contribution >= 0.6 is 11.3 Å². The lowest BCUT2D eigenvalue weighted by Gasteiger charge is -2.43. The third-order valence-electron chi connectivity index (χ3n) is 6.13. The minimum absolute atomic E-state index is 0.0446. The van der Waals surface area contributed by atoms with Crippen LogP contribution in [0.4, 0.5) is 19.0 Å². The van der Waals surface area contributed by atoms with Crippen molar-refractivity contribution in [2.24, 2.45) is 0 Å². The van der Waals surface area contributed by atoms with Crippen molar-refractivity contribution in [2.45, 2.75) is 70.8 Å². The maximum Gasteiger partial charge on any atom is 0.417 e. The van der Waals surface area contributed by atoms with Crippen LogP contribution in [0.2, 0.25) is 0 Å². The van der Waals surface area contributed by atoms with Gasteiger partial charge in [-0.15, -0.1) is 11.3 Å². The minimum atomic E-state index is -4.74. The SMILES string of the molecule is CC1CCCN1C(=O)c1nc(C(=O)N2CC(C)(O)C2)sc1-c1cnc(NC(C)(C)C)cc1C(F)(F)F. The molecule has 1 unspecified atom stereocenters. The molecule has 2 fully saturated rings. The summed E-state index contributed by atoms with van der Waals surface area (Å²) in [6.45, 7) is 9.50. The molecule has 36 heavy (non-hydrogen) atoms. The number of carbonyl (C=O) groups excluding carboxylic acids is 2. The Morgan fingerprint density at radius 3 is 2.42 bits per heavy atom. The molecule has 2 N–H and O–H groups in total. The lowest BCUT2D eigenvalue weighted by Crippen LogP contribution is -2.61. The summed E-state index contributed by atoms with van der Waals surface area (Å²) in [5.74, 6) is -0.997. The predicted molar refractivity (Wildman–Crippen MR) is 130 cm³/mol. The number of aliphatic hydroxyl groups is 1. The van der Waals surface area contributed by atoms with Gasteiger partial charge in [-0.2, -0.15) is 13.2 Å². The zero-order valence-corrected chi connectivity index (χ0v) is 21.7. The molecule has 2 saturated heterocycles. The van der Waals surface area contributed by atoms with Crippen molar-refractivity contribution in [1.29, 1.82) is 0 Å². The van der Waals surface area contributed by atoms with Crippen molar-refractivity contribution in [1.82, 2.24) is 19.8 Å². The van der Waals surface area contributed by atoms with E-state index in [9.17, 15) is 27.9 Å². The number of aromatic nitrogens is 2. The Labute approximate surface area is 211 Å². The van der Waals surface area contributed by atoms with Gasteiger partial charge in [0, 0.05) is 29.9 Å². The first-order valence-corrected chi connectivity index (χ1v) is 12.6. The van der Waals surface area contributed by atoms with Gasteiger partial charge in [0.05, 0.1) is 29.1 Å². The first-order valence-electron chi connectivity index (χ1n) is 11.7. The summed E-state index contributed by atoms with van der Waals surface area (Å²) < 4.78 is 42.6. The van der Waals surface area contributed by atoms with Crippen LogP contribution in [0.15, 0.2) is 12.3 Å². The maximum absolute atomic E-state index is 14.2. The molecule has 2 aliphatic heterocycles. The van der Waals surface area contributed by atoms with Gasteiger partial charge in [0.15, 0.2) is 5.01 Å². The Hall–Kier alpha value is -2.73. The first kappa shape index (κ1) is 26.3. The topological polar surface area (TPSA) is 98.7 Å². The summed E-state index contributed by atoms with van der Waals surface area (Å²) >= 11 is 0.744. The lowest BCUT2D eigenvalue weighted by atomic mass is 9.97. The van der Waals surface area contributed by atoms with Gasteiger partial charge < -0.3 is 20.2 Å². The number of nitrogens with zero attached hydrogens (tertiary/aromatic N) is 4. The molecule has 2 aliphatic rings. The molecule has 196 valence electrons. The Balaban J connectivity index is 1.82. The number of carbonyl (C=O) groups is 2. The highest BCUT2D eigenvalue weighted by Gasteiger charge is 2.42. The van der Waals surface area contributed by atoms with Gasteiger partial charge in [-0.3, -0.25) is 9.59 Å².